The summed E-state index contributed by atoms with van der Waals surface area (Å²) in [4.78, 5) is 14.8. The quantitative estimate of drug-likeness (QED) is 0.712. The summed E-state index contributed by atoms with van der Waals surface area (Å²) in [5.74, 6) is 0.0610. The molecule has 1 aliphatic rings. The number of benzene rings is 1. The van der Waals surface area contributed by atoms with E-state index in [1.54, 1.807) is 0 Å². The molecule has 2 unspecified atom stereocenters. The van der Waals surface area contributed by atoms with E-state index in [0.29, 0.717) is 18.8 Å². The molecule has 1 aromatic carbocycles. The number of nitrogens with zero attached hydrogens (tertiary/aromatic N) is 2. The van der Waals surface area contributed by atoms with Crippen LogP contribution in [0.1, 0.15) is 24.3 Å². The van der Waals surface area contributed by atoms with Gasteiger partial charge in [-0.25, -0.2) is 0 Å². The number of rotatable bonds is 2. The van der Waals surface area contributed by atoms with Crippen LogP contribution in [-0.2, 0) is 4.74 Å². The number of halogens is 1. The molecule has 2 atom stereocenters. The van der Waals surface area contributed by atoms with Gasteiger partial charge < -0.3 is 14.2 Å². The summed E-state index contributed by atoms with van der Waals surface area (Å²) >= 11 is 2.28. The molecular weight excluding hydrogens is 391 g/mol. The number of amides is 1. The molecule has 3 rings (SSSR count). The molecule has 0 radical (unpaired) electrons. The number of morpholine rings is 1. The topological polar surface area (TPSA) is 34.5 Å². The molecule has 1 aliphatic heterocycles. The fourth-order valence-corrected chi connectivity index (χ4v) is 3.44. The first-order valence-electron chi connectivity index (χ1n) is 7.42. The molecule has 1 saturated heterocycles. The molecule has 5 heteroatoms. The molecule has 1 fully saturated rings. The highest BCUT2D eigenvalue weighted by molar-refractivity contribution is 14.1. The summed E-state index contributed by atoms with van der Waals surface area (Å²) in [7, 11) is 0. The average molecular weight is 410 g/mol. The van der Waals surface area contributed by atoms with Gasteiger partial charge in [0.2, 0.25) is 0 Å². The Morgan fingerprint density at radius 1 is 1.18 bits per heavy atom. The first kappa shape index (κ1) is 15.6. The Balaban J connectivity index is 1.90. The predicted octanol–water partition coefficient (Wildman–Crippen LogP) is 3.33. The fraction of sp³-hybridized carbons (Fsp3) is 0.353. The molecule has 0 aliphatic carbocycles. The van der Waals surface area contributed by atoms with Crippen molar-refractivity contribution < 1.29 is 9.53 Å². The van der Waals surface area contributed by atoms with Gasteiger partial charge in [0.15, 0.2) is 0 Å². The van der Waals surface area contributed by atoms with Gasteiger partial charge >= 0.3 is 0 Å². The number of hydrogen-bond donors (Lipinski definition) is 0. The maximum Gasteiger partial charge on any atom is 0.271 e. The summed E-state index contributed by atoms with van der Waals surface area (Å²) < 4.78 is 8.82. The zero-order chi connectivity index (χ0) is 15.7. The summed E-state index contributed by atoms with van der Waals surface area (Å²) in [5.41, 5.74) is 1.71. The van der Waals surface area contributed by atoms with Crippen molar-refractivity contribution in [3.63, 3.8) is 0 Å². The van der Waals surface area contributed by atoms with E-state index in [1.807, 2.05) is 59.8 Å². The molecule has 1 aromatic heterocycles. The Morgan fingerprint density at radius 3 is 2.59 bits per heavy atom. The van der Waals surface area contributed by atoms with E-state index in [0.717, 1.165) is 9.26 Å². The monoisotopic (exact) mass is 410 g/mol. The highest BCUT2D eigenvalue weighted by atomic mass is 127. The largest absolute Gasteiger partial charge is 0.372 e. The van der Waals surface area contributed by atoms with Gasteiger partial charge in [-0.15, -0.1) is 0 Å². The van der Waals surface area contributed by atoms with E-state index in [1.165, 1.54) is 0 Å². The lowest BCUT2D eigenvalue weighted by atomic mass is 10.2. The Labute approximate surface area is 144 Å². The molecule has 22 heavy (non-hydrogen) atoms. The number of ether oxygens (including phenoxy) is 1. The molecular formula is C17H19IN2O2. The minimum Gasteiger partial charge on any atom is -0.372 e. The third-order valence-electron chi connectivity index (χ3n) is 3.76. The Kier molecular flexibility index (Phi) is 4.54. The van der Waals surface area contributed by atoms with Gasteiger partial charge in [0.05, 0.1) is 12.2 Å². The van der Waals surface area contributed by atoms with Gasteiger partial charge in [-0.2, -0.15) is 0 Å². The van der Waals surface area contributed by atoms with Crippen molar-refractivity contribution in [3.05, 3.63) is 51.9 Å². The Morgan fingerprint density at radius 2 is 1.91 bits per heavy atom. The summed E-state index contributed by atoms with van der Waals surface area (Å²) in [5, 5.41) is 0. The van der Waals surface area contributed by atoms with E-state index >= 15 is 0 Å². The molecule has 1 amide bonds. The van der Waals surface area contributed by atoms with Crippen LogP contribution in [-0.4, -0.2) is 40.7 Å². The minimum atomic E-state index is 0.0610. The lowest BCUT2D eigenvalue weighted by Gasteiger charge is -2.35. The number of aromatic nitrogens is 1. The minimum absolute atomic E-state index is 0.0610. The van der Waals surface area contributed by atoms with Crippen LogP contribution >= 0.6 is 22.6 Å². The highest BCUT2D eigenvalue weighted by Crippen LogP contribution is 2.19. The second-order valence-electron chi connectivity index (χ2n) is 5.71. The van der Waals surface area contributed by atoms with Crippen molar-refractivity contribution in [1.82, 2.24) is 9.47 Å². The maximum atomic E-state index is 12.9. The van der Waals surface area contributed by atoms with Crippen LogP contribution in [0.4, 0.5) is 0 Å². The van der Waals surface area contributed by atoms with Gasteiger partial charge in [-0.05, 0) is 66.8 Å². The Bertz CT molecular complexity index is 673. The average Bonchev–Trinajstić information content (AvgIpc) is 2.94. The molecule has 0 spiro atoms. The van der Waals surface area contributed by atoms with Gasteiger partial charge in [-0.1, -0.05) is 6.07 Å². The maximum absolute atomic E-state index is 12.9. The molecule has 116 valence electrons. The number of carbonyl (C=O) groups excluding carboxylic acids is 1. The van der Waals surface area contributed by atoms with Crippen LogP contribution in [0.3, 0.4) is 0 Å². The molecule has 0 bridgehead atoms. The predicted molar refractivity (Wildman–Crippen MR) is 94.4 cm³/mol. The Hall–Kier alpha value is -1.34. The van der Waals surface area contributed by atoms with Crippen molar-refractivity contribution in [3.8, 4) is 5.69 Å². The summed E-state index contributed by atoms with van der Waals surface area (Å²) in [6.07, 6.45) is 2.09. The van der Waals surface area contributed by atoms with E-state index in [4.69, 9.17) is 4.74 Å². The van der Waals surface area contributed by atoms with Crippen LogP contribution in [0, 0.1) is 3.57 Å². The smallest absolute Gasteiger partial charge is 0.271 e. The number of hydrogen-bond acceptors (Lipinski definition) is 2. The van der Waals surface area contributed by atoms with Crippen molar-refractivity contribution >= 4 is 28.5 Å². The van der Waals surface area contributed by atoms with Crippen LogP contribution in [0.2, 0.25) is 0 Å². The van der Waals surface area contributed by atoms with E-state index < -0.39 is 0 Å². The van der Waals surface area contributed by atoms with Crippen molar-refractivity contribution in [1.29, 1.82) is 0 Å². The lowest BCUT2D eigenvalue weighted by molar-refractivity contribution is -0.0587. The van der Waals surface area contributed by atoms with Crippen LogP contribution in [0.5, 0.6) is 0 Å². The summed E-state index contributed by atoms with van der Waals surface area (Å²) in [6, 6.07) is 11.9. The van der Waals surface area contributed by atoms with Crippen LogP contribution < -0.4 is 0 Å². The SMILES string of the molecule is CC1CN(C(=O)c2cccn2-c2cccc(I)c2)CC(C)O1. The normalized spacial score (nSPS) is 21.9. The zero-order valence-electron chi connectivity index (χ0n) is 12.7. The third-order valence-corrected chi connectivity index (χ3v) is 4.43. The summed E-state index contributed by atoms with van der Waals surface area (Å²) in [6.45, 7) is 5.30. The van der Waals surface area contributed by atoms with Gasteiger partial charge in [0, 0.05) is 28.5 Å². The van der Waals surface area contributed by atoms with Gasteiger partial charge in [-0.3, -0.25) is 4.79 Å². The first-order valence-corrected chi connectivity index (χ1v) is 8.50. The second-order valence-corrected chi connectivity index (χ2v) is 6.96. The van der Waals surface area contributed by atoms with Crippen molar-refractivity contribution in [2.45, 2.75) is 26.1 Å². The molecule has 2 aromatic rings. The molecule has 2 heterocycles. The molecule has 0 saturated carbocycles. The van der Waals surface area contributed by atoms with Crippen molar-refractivity contribution in [2.24, 2.45) is 0 Å². The lowest BCUT2D eigenvalue weighted by Crippen LogP contribution is -2.48. The van der Waals surface area contributed by atoms with Gasteiger partial charge in [0.25, 0.3) is 5.91 Å². The molecule has 0 N–H and O–H groups in total. The third kappa shape index (κ3) is 3.20. The van der Waals surface area contributed by atoms with Crippen LogP contribution in [0.15, 0.2) is 42.6 Å². The van der Waals surface area contributed by atoms with Crippen LogP contribution in [0.25, 0.3) is 5.69 Å². The zero-order valence-corrected chi connectivity index (χ0v) is 14.9. The molecule has 4 nitrogen and oxygen atoms in total. The standard InChI is InChI=1S/C17H19IN2O2/c1-12-10-19(11-13(2)22-12)17(21)16-7-4-8-20(16)15-6-3-5-14(18)9-15/h3-9,12-13H,10-11H2,1-2H3. The fourth-order valence-electron chi connectivity index (χ4n) is 2.91. The van der Waals surface area contributed by atoms with Gasteiger partial charge in [0.1, 0.15) is 5.69 Å². The van der Waals surface area contributed by atoms with E-state index in [2.05, 4.69) is 28.7 Å². The highest BCUT2D eigenvalue weighted by Gasteiger charge is 2.28. The van der Waals surface area contributed by atoms with E-state index in [-0.39, 0.29) is 18.1 Å². The van der Waals surface area contributed by atoms with Crippen molar-refractivity contribution in [2.75, 3.05) is 13.1 Å². The first-order chi connectivity index (χ1) is 10.5. The van der Waals surface area contributed by atoms with E-state index in [9.17, 15) is 4.79 Å². The number of carbonyl (C=O) groups is 1. The second kappa shape index (κ2) is 6.42.